The average Bonchev–Trinajstić information content (AvgIpc) is 3.30. The first-order valence-corrected chi connectivity index (χ1v) is 11.8. The maximum absolute atomic E-state index is 13.0. The summed E-state index contributed by atoms with van der Waals surface area (Å²) in [5.74, 6) is 0.571. The molecule has 0 aliphatic heterocycles. The number of para-hydroxylation sites is 1. The number of amides is 1. The van der Waals surface area contributed by atoms with Gasteiger partial charge in [-0.2, -0.15) is 5.10 Å². The number of thioether (sulfide) groups is 1. The van der Waals surface area contributed by atoms with Gasteiger partial charge in [-0.25, -0.2) is 0 Å². The van der Waals surface area contributed by atoms with Gasteiger partial charge in [0.05, 0.1) is 28.0 Å². The van der Waals surface area contributed by atoms with Crippen molar-refractivity contribution in [3.63, 3.8) is 0 Å². The molecule has 7 nitrogen and oxygen atoms in total. The van der Waals surface area contributed by atoms with Crippen LogP contribution in [0.4, 0.5) is 5.69 Å². The van der Waals surface area contributed by atoms with Crippen LogP contribution in [0, 0.1) is 20.8 Å². The fraction of sp³-hybridized carbons (Fsp3) is 0.250. The van der Waals surface area contributed by atoms with Crippen molar-refractivity contribution >= 4 is 35.0 Å². The third kappa shape index (κ3) is 4.67. The van der Waals surface area contributed by atoms with Crippen molar-refractivity contribution in [2.45, 2.75) is 38.1 Å². The fourth-order valence-corrected chi connectivity index (χ4v) is 4.54. The van der Waals surface area contributed by atoms with Crippen molar-refractivity contribution in [1.82, 2.24) is 24.5 Å². The number of rotatable bonds is 6. The molecule has 1 amide bonds. The fourth-order valence-electron chi connectivity index (χ4n) is 3.55. The quantitative estimate of drug-likeness (QED) is 0.375. The van der Waals surface area contributed by atoms with Crippen LogP contribution in [0.2, 0.25) is 5.02 Å². The number of carbonyl (C=O) groups excluding carboxylic acids is 1. The number of benzene rings is 2. The van der Waals surface area contributed by atoms with Gasteiger partial charge in [-0.3, -0.25) is 14.0 Å². The first-order valence-electron chi connectivity index (χ1n) is 10.5. The topological polar surface area (TPSA) is 77.6 Å². The lowest BCUT2D eigenvalue weighted by molar-refractivity contribution is -0.115. The Balaban J connectivity index is 1.68. The van der Waals surface area contributed by atoms with Gasteiger partial charge in [0.25, 0.3) is 0 Å². The Morgan fingerprint density at radius 1 is 1.06 bits per heavy atom. The predicted molar refractivity (Wildman–Crippen MR) is 133 cm³/mol. The lowest BCUT2D eigenvalue weighted by atomic mass is 10.1. The summed E-state index contributed by atoms with van der Waals surface area (Å²) >= 11 is 7.45. The van der Waals surface area contributed by atoms with Gasteiger partial charge in [-0.05, 0) is 63.6 Å². The van der Waals surface area contributed by atoms with Crippen LogP contribution < -0.4 is 5.32 Å². The van der Waals surface area contributed by atoms with Gasteiger partial charge in [-0.1, -0.05) is 41.6 Å². The van der Waals surface area contributed by atoms with E-state index >= 15 is 0 Å². The molecule has 0 spiro atoms. The number of nitrogens with zero attached hydrogens (tertiary/aromatic N) is 5. The number of aromatic nitrogens is 5. The normalized spacial score (nSPS) is 12.1. The molecule has 0 fully saturated rings. The Morgan fingerprint density at radius 2 is 1.76 bits per heavy atom. The Morgan fingerprint density at radius 3 is 2.39 bits per heavy atom. The lowest BCUT2D eigenvalue weighted by Crippen LogP contribution is -2.23. The molecule has 0 bridgehead atoms. The van der Waals surface area contributed by atoms with Crippen molar-refractivity contribution in [1.29, 1.82) is 0 Å². The van der Waals surface area contributed by atoms with Crippen molar-refractivity contribution < 1.29 is 4.79 Å². The Kier molecular flexibility index (Phi) is 6.58. The van der Waals surface area contributed by atoms with Crippen LogP contribution in [-0.2, 0) is 11.8 Å². The van der Waals surface area contributed by atoms with E-state index in [1.54, 1.807) is 4.68 Å². The molecule has 4 rings (SSSR count). The highest BCUT2D eigenvalue weighted by Gasteiger charge is 2.24. The molecule has 0 aliphatic rings. The van der Waals surface area contributed by atoms with Crippen LogP contribution in [0.25, 0.3) is 17.1 Å². The smallest absolute Gasteiger partial charge is 0.237 e. The number of nitrogens with one attached hydrogen (secondary N) is 1. The second kappa shape index (κ2) is 9.41. The zero-order valence-electron chi connectivity index (χ0n) is 19.1. The summed E-state index contributed by atoms with van der Waals surface area (Å²) in [6.45, 7) is 7.72. The Bertz CT molecular complexity index is 1310. The van der Waals surface area contributed by atoms with Gasteiger partial charge >= 0.3 is 0 Å². The Hall–Kier alpha value is -3.10. The molecular weight excluding hydrogens is 456 g/mol. The molecule has 9 heteroatoms. The molecule has 1 N–H and O–H groups in total. The monoisotopic (exact) mass is 480 g/mol. The minimum absolute atomic E-state index is 0.119. The van der Waals surface area contributed by atoms with E-state index in [0.29, 0.717) is 16.0 Å². The summed E-state index contributed by atoms with van der Waals surface area (Å²) in [5.41, 5.74) is 5.37. The third-order valence-corrected chi connectivity index (χ3v) is 6.80. The van der Waals surface area contributed by atoms with Crippen molar-refractivity contribution in [2.24, 2.45) is 7.05 Å². The number of anilines is 1. The largest absolute Gasteiger partial charge is 0.322 e. The van der Waals surface area contributed by atoms with Gasteiger partial charge in [-0.15, -0.1) is 10.2 Å². The van der Waals surface area contributed by atoms with Gasteiger partial charge in [0, 0.05) is 17.6 Å². The van der Waals surface area contributed by atoms with Crippen LogP contribution in [0.15, 0.2) is 53.7 Å². The highest BCUT2D eigenvalue weighted by Crippen LogP contribution is 2.32. The van der Waals surface area contributed by atoms with Crippen molar-refractivity contribution in [2.75, 3.05) is 5.32 Å². The summed E-state index contributed by atoms with van der Waals surface area (Å²) in [6.07, 6.45) is 0. The highest BCUT2D eigenvalue weighted by atomic mass is 35.5. The minimum Gasteiger partial charge on any atom is -0.322 e. The van der Waals surface area contributed by atoms with E-state index in [0.717, 1.165) is 33.9 Å². The van der Waals surface area contributed by atoms with E-state index in [1.807, 2.05) is 87.8 Å². The van der Waals surface area contributed by atoms with E-state index < -0.39 is 5.25 Å². The Labute approximate surface area is 202 Å². The van der Waals surface area contributed by atoms with Gasteiger partial charge in [0.2, 0.25) is 5.91 Å². The van der Waals surface area contributed by atoms with E-state index in [9.17, 15) is 4.79 Å². The molecule has 33 heavy (non-hydrogen) atoms. The standard InChI is InChI=1S/C24H25ClN6OS/c1-14-8-6-7-9-20(14)31-22(18-10-12-19(25)13-11-18)27-28-24(31)33-17(4)23(32)26-21-15(2)29-30(5)16(21)3/h6-13,17H,1-5H3,(H,26,32). The van der Waals surface area contributed by atoms with Crippen LogP contribution in [0.3, 0.4) is 0 Å². The van der Waals surface area contributed by atoms with Gasteiger partial charge in [0.1, 0.15) is 0 Å². The summed E-state index contributed by atoms with van der Waals surface area (Å²) in [7, 11) is 1.86. The van der Waals surface area contributed by atoms with E-state index in [2.05, 4.69) is 20.6 Å². The molecule has 1 unspecified atom stereocenters. The second-order valence-corrected chi connectivity index (χ2v) is 9.60. The van der Waals surface area contributed by atoms with Gasteiger partial charge in [0.15, 0.2) is 11.0 Å². The molecule has 2 heterocycles. The van der Waals surface area contributed by atoms with E-state index in [4.69, 9.17) is 11.6 Å². The zero-order chi connectivity index (χ0) is 23.7. The number of halogens is 1. The van der Waals surface area contributed by atoms with Crippen molar-refractivity contribution in [3.8, 4) is 17.1 Å². The van der Waals surface area contributed by atoms with Crippen LogP contribution in [-0.4, -0.2) is 35.7 Å². The van der Waals surface area contributed by atoms with Crippen LogP contribution in [0.1, 0.15) is 23.9 Å². The molecule has 1 atom stereocenters. The maximum atomic E-state index is 13.0. The summed E-state index contributed by atoms with van der Waals surface area (Å²) in [5, 5.41) is 17.2. The molecule has 0 aliphatic carbocycles. The molecule has 0 saturated heterocycles. The third-order valence-electron chi connectivity index (χ3n) is 5.50. The van der Waals surface area contributed by atoms with E-state index in [-0.39, 0.29) is 5.91 Å². The molecule has 2 aromatic carbocycles. The average molecular weight is 481 g/mol. The summed E-state index contributed by atoms with van der Waals surface area (Å²) < 4.78 is 3.75. The molecule has 170 valence electrons. The van der Waals surface area contributed by atoms with Crippen LogP contribution in [0.5, 0.6) is 0 Å². The first-order chi connectivity index (χ1) is 15.8. The maximum Gasteiger partial charge on any atom is 0.237 e. The summed E-state index contributed by atoms with van der Waals surface area (Å²) in [6, 6.07) is 15.5. The molecular formula is C24H25ClN6OS. The van der Waals surface area contributed by atoms with E-state index in [1.165, 1.54) is 11.8 Å². The SMILES string of the molecule is Cc1ccccc1-n1c(SC(C)C(=O)Nc2c(C)nn(C)c2C)nnc1-c1ccc(Cl)cc1. The molecule has 0 saturated carbocycles. The molecule has 0 radical (unpaired) electrons. The minimum atomic E-state index is -0.408. The molecule has 4 aromatic rings. The lowest BCUT2D eigenvalue weighted by Gasteiger charge is -2.15. The van der Waals surface area contributed by atoms with Crippen molar-refractivity contribution in [3.05, 3.63) is 70.5 Å². The number of aryl methyl sites for hydroxylation is 3. The van der Waals surface area contributed by atoms with Crippen LogP contribution >= 0.6 is 23.4 Å². The number of hydrogen-bond donors (Lipinski definition) is 1. The highest BCUT2D eigenvalue weighted by molar-refractivity contribution is 8.00. The second-order valence-electron chi connectivity index (χ2n) is 7.85. The number of carbonyl (C=O) groups is 1. The first kappa shape index (κ1) is 23.1. The summed E-state index contributed by atoms with van der Waals surface area (Å²) in [4.78, 5) is 13.0. The zero-order valence-corrected chi connectivity index (χ0v) is 20.7. The predicted octanol–water partition coefficient (Wildman–Crippen LogP) is 5.37. The van der Waals surface area contributed by atoms with Gasteiger partial charge < -0.3 is 5.32 Å². The molecule has 2 aromatic heterocycles. The number of hydrogen-bond acceptors (Lipinski definition) is 5.